The van der Waals surface area contributed by atoms with E-state index in [0.717, 1.165) is 13.0 Å². The van der Waals surface area contributed by atoms with Gasteiger partial charge in [0.05, 0.1) is 0 Å². The van der Waals surface area contributed by atoms with Crippen molar-refractivity contribution in [3.05, 3.63) is 65.2 Å². The molecule has 21 heavy (non-hydrogen) atoms. The van der Waals surface area contributed by atoms with Crippen LogP contribution in [-0.4, -0.2) is 20.1 Å². The van der Waals surface area contributed by atoms with E-state index >= 15 is 0 Å². The Labute approximate surface area is 128 Å². The predicted molar refractivity (Wildman–Crippen MR) is 92.0 cm³/mol. The van der Waals surface area contributed by atoms with Crippen molar-refractivity contribution in [2.75, 3.05) is 19.0 Å². The zero-order chi connectivity index (χ0) is 15.2. The summed E-state index contributed by atoms with van der Waals surface area (Å²) in [7, 11) is 4.13. The first-order chi connectivity index (χ1) is 10.1. The van der Waals surface area contributed by atoms with Gasteiger partial charge >= 0.3 is 0 Å². The molecule has 112 valence electrons. The van der Waals surface area contributed by atoms with Crippen molar-refractivity contribution in [3.63, 3.8) is 0 Å². The van der Waals surface area contributed by atoms with Crippen LogP contribution in [-0.2, 0) is 13.0 Å². The van der Waals surface area contributed by atoms with Gasteiger partial charge in [0.15, 0.2) is 0 Å². The number of benzene rings is 2. The average Bonchev–Trinajstić information content (AvgIpc) is 2.48. The summed E-state index contributed by atoms with van der Waals surface area (Å²) in [6.07, 6.45) is 1.07. The summed E-state index contributed by atoms with van der Waals surface area (Å²) in [4.78, 5) is 2.12. The van der Waals surface area contributed by atoms with E-state index in [9.17, 15) is 0 Å². The highest BCUT2D eigenvalue weighted by Crippen LogP contribution is 2.13. The van der Waals surface area contributed by atoms with Crippen LogP contribution in [0.4, 0.5) is 5.69 Å². The van der Waals surface area contributed by atoms with E-state index in [1.54, 1.807) is 0 Å². The first-order valence-electron chi connectivity index (χ1n) is 7.60. The summed E-state index contributed by atoms with van der Waals surface area (Å²) >= 11 is 0. The SMILES string of the molecule is Cc1ccccc1CC(C)NCc1ccc(N(C)C)cc1. The lowest BCUT2D eigenvalue weighted by Crippen LogP contribution is -2.27. The molecular weight excluding hydrogens is 256 g/mol. The smallest absolute Gasteiger partial charge is 0.0361 e. The highest BCUT2D eigenvalue weighted by Gasteiger charge is 2.05. The fourth-order valence-corrected chi connectivity index (χ4v) is 2.45. The lowest BCUT2D eigenvalue weighted by atomic mass is 10.0. The molecule has 0 aromatic heterocycles. The van der Waals surface area contributed by atoms with Gasteiger partial charge < -0.3 is 10.2 Å². The van der Waals surface area contributed by atoms with Gasteiger partial charge in [-0.15, -0.1) is 0 Å². The Bertz CT molecular complexity index is 558. The molecule has 2 nitrogen and oxygen atoms in total. The van der Waals surface area contributed by atoms with Crippen LogP contribution in [0.5, 0.6) is 0 Å². The first-order valence-corrected chi connectivity index (χ1v) is 7.60. The molecule has 0 fully saturated rings. The predicted octanol–water partition coefficient (Wildman–Crippen LogP) is 3.78. The summed E-state index contributed by atoms with van der Waals surface area (Å²) in [6, 6.07) is 17.8. The molecule has 0 radical (unpaired) electrons. The second kappa shape index (κ2) is 7.28. The van der Waals surface area contributed by atoms with E-state index in [1.807, 2.05) is 0 Å². The van der Waals surface area contributed by atoms with Gasteiger partial charge in [0.25, 0.3) is 0 Å². The number of nitrogens with one attached hydrogen (secondary N) is 1. The van der Waals surface area contributed by atoms with Crippen molar-refractivity contribution in [2.45, 2.75) is 32.9 Å². The Morgan fingerprint density at radius 3 is 2.29 bits per heavy atom. The topological polar surface area (TPSA) is 15.3 Å². The highest BCUT2D eigenvalue weighted by molar-refractivity contribution is 5.45. The minimum Gasteiger partial charge on any atom is -0.378 e. The van der Waals surface area contributed by atoms with Crippen molar-refractivity contribution in [1.29, 1.82) is 0 Å². The summed E-state index contributed by atoms with van der Waals surface area (Å²) in [5.41, 5.74) is 5.38. The lowest BCUT2D eigenvalue weighted by molar-refractivity contribution is 0.544. The van der Waals surface area contributed by atoms with Crippen LogP contribution in [0.25, 0.3) is 0 Å². The number of anilines is 1. The number of rotatable bonds is 6. The molecule has 0 bridgehead atoms. The Balaban J connectivity index is 1.86. The third kappa shape index (κ3) is 4.61. The Morgan fingerprint density at radius 2 is 1.67 bits per heavy atom. The zero-order valence-corrected chi connectivity index (χ0v) is 13.6. The molecule has 0 spiro atoms. The second-order valence-corrected chi connectivity index (χ2v) is 5.97. The van der Waals surface area contributed by atoms with Gasteiger partial charge in [0, 0.05) is 32.4 Å². The van der Waals surface area contributed by atoms with Crippen LogP contribution in [0.3, 0.4) is 0 Å². The van der Waals surface area contributed by atoms with Gasteiger partial charge in [0.2, 0.25) is 0 Å². The molecule has 2 rings (SSSR count). The van der Waals surface area contributed by atoms with E-state index in [1.165, 1.54) is 22.4 Å². The molecule has 2 aromatic rings. The normalized spacial score (nSPS) is 12.2. The summed E-state index contributed by atoms with van der Waals surface area (Å²) in [6.45, 7) is 5.35. The third-order valence-corrected chi connectivity index (χ3v) is 3.89. The zero-order valence-electron chi connectivity index (χ0n) is 13.6. The largest absolute Gasteiger partial charge is 0.378 e. The van der Waals surface area contributed by atoms with Gasteiger partial charge in [-0.3, -0.25) is 0 Å². The van der Waals surface area contributed by atoms with Crippen molar-refractivity contribution >= 4 is 5.69 Å². The lowest BCUT2D eigenvalue weighted by Gasteiger charge is -2.16. The van der Waals surface area contributed by atoms with E-state index in [2.05, 4.69) is 86.7 Å². The number of hydrogen-bond donors (Lipinski definition) is 1. The maximum Gasteiger partial charge on any atom is 0.0361 e. The fourth-order valence-electron chi connectivity index (χ4n) is 2.45. The van der Waals surface area contributed by atoms with Gasteiger partial charge in [-0.1, -0.05) is 36.4 Å². The van der Waals surface area contributed by atoms with Crippen molar-refractivity contribution in [1.82, 2.24) is 5.32 Å². The Morgan fingerprint density at radius 1 is 1.00 bits per heavy atom. The maximum absolute atomic E-state index is 3.61. The Hall–Kier alpha value is -1.80. The van der Waals surface area contributed by atoms with Crippen LogP contribution < -0.4 is 10.2 Å². The fraction of sp³-hybridized carbons (Fsp3) is 0.368. The summed E-state index contributed by atoms with van der Waals surface area (Å²) < 4.78 is 0. The minimum absolute atomic E-state index is 0.472. The quantitative estimate of drug-likeness (QED) is 0.867. The molecule has 1 atom stereocenters. The van der Waals surface area contributed by atoms with Gasteiger partial charge in [-0.05, 0) is 49.1 Å². The van der Waals surface area contributed by atoms with E-state index in [-0.39, 0.29) is 0 Å². The summed E-state index contributed by atoms with van der Waals surface area (Å²) in [5, 5.41) is 3.61. The monoisotopic (exact) mass is 282 g/mol. The Kier molecular flexibility index (Phi) is 5.40. The third-order valence-electron chi connectivity index (χ3n) is 3.89. The molecule has 2 heteroatoms. The van der Waals surface area contributed by atoms with Gasteiger partial charge in [-0.2, -0.15) is 0 Å². The molecule has 0 saturated heterocycles. The summed E-state index contributed by atoms with van der Waals surface area (Å²) in [5.74, 6) is 0. The molecule has 0 aliphatic carbocycles. The van der Waals surface area contributed by atoms with E-state index in [0.29, 0.717) is 6.04 Å². The van der Waals surface area contributed by atoms with Crippen molar-refractivity contribution < 1.29 is 0 Å². The van der Waals surface area contributed by atoms with Crippen molar-refractivity contribution in [3.8, 4) is 0 Å². The van der Waals surface area contributed by atoms with Gasteiger partial charge in [-0.25, -0.2) is 0 Å². The molecule has 0 aliphatic heterocycles. The number of aryl methyl sites for hydroxylation is 1. The van der Waals surface area contributed by atoms with E-state index < -0.39 is 0 Å². The van der Waals surface area contributed by atoms with Crippen LogP contribution in [0, 0.1) is 6.92 Å². The molecule has 1 unspecified atom stereocenters. The molecule has 2 aromatic carbocycles. The maximum atomic E-state index is 3.61. The molecular formula is C19H26N2. The highest BCUT2D eigenvalue weighted by atomic mass is 15.1. The minimum atomic E-state index is 0.472. The number of nitrogens with zero attached hydrogens (tertiary/aromatic N) is 1. The van der Waals surface area contributed by atoms with Crippen LogP contribution in [0.2, 0.25) is 0 Å². The van der Waals surface area contributed by atoms with E-state index in [4.69, 9.17) is 0 Å². The second-order valence-electron chi connectivity index (χ2n) is 5.97. The average molecular weight is 282 g/mol. The van der Waals surface area contributed by atoms with Crippen LogP contribution in [0.15, 0.2) is 48.5 Å². The molecule has 0 heterocycles. The van der Waals surface area contributed by atoms with Crippen LogP contribution in [0.1, 0.15) is 23.6 Å². The molecule has 0 aliphatic rings. The standard InChI is InChI=1S/C19H26N2/c1-15-7-5-6-8-18(15)13-16(2)20-14-17-9-11-19(12-10-17)21(3)4/h5-12,16,20H,13-14H2,1-4H3. The molecule has 0 saturated carbocycles. The van der Waals surface area contributed by atoms with Crippen LogP contribution >= 0.6 is 0 Å². The molecule has 1 N–H and O–H groups in total. The first kappa shape index (κ1) is 15.6. The number of hydrogen-bond acceptors (Lipinski definition) is 2. The van der Waals surface area contributed by atoms with Crippen molar-refractivity contribution in [2.24, 2.45) is 0 Å². The molecule has 0 amide bonds. The van der Waals surface area contributed by atoms with Gasteiger partial charge in [0.1, 0.15) is 0 Å².